The van der Waals surface area contributed by atoms with E-state index in [9.17, 15) is 9.18 Å². The van der Waals surface area contributed by atoms with Crippen molar-refractivity contribution in [1.82, 2.24) is 15.1 Å². The van der Waals surface area contributed by atoms with Gasteiger partial charge < -0.3 is 9.80 Å². The zero-order valence-electron chi connectivity index (χ0n) is 15.2. The predicted octanol–water partition coefficient (Wildman–Crippen LogP) is 2.43. The largest absolute Gasteiger partial charge is 0.332 e. The van der Waals surface area contributed by atoms with Gasteiger partial charge in [-0.05, 0) is 31.3 Å². The Labute approximate surface area is 153 Å². The molecule has 0 fully saturated rings. The number of hydrogen-bond donors (Lipinski definition) is 1. The number of guanidine groups is 1. The summed E-state index contributed by atoms with van der Waals surface area (Å²) in [4.78, 5) is 21.7. The van der Waals surface area contributed by atoms with Gasteiger partial charge in [0, 0.05) is 18.7 Å². The molecule has 0 spiro atoms. The lowest BCUT2D eigenvalue weighted by molar-refractivity contribution is 0.0971. The summed E-state index contributed by atoms with van der Waals surface area (Å²) in [5.41, 5.74) is 0.289. The minimum Gasteiger partial charge on any atom is -0.332 e. The first-order valence-corrected chi connectivity index (χ1v) is 9.11. The summed E-state index contributed by atoms with van der Waals surface area (Å²) in [6.45, 7) is 7.90. The van der Waals surface area contributed by atoms with Crippen LogP contribution in [0.2, 0.25) is 0 Å². The van der Waals surface area contributed by atoms with Crippen LogP contribution in [0.5, 0.6) is 0 Å². The number of nitrogens with zero attached hydrogens (tertiary/aromatic N) is 3. The first kappa shape index (κ1) is 18.3. The van der Waals surface area contributed by atoms with Crippen molar-refractivity contribution >= 4 is 11.9 Å². The van der Waals surface area contributed by atoms with Crippen molar-refractivity contribution in [3.8, 4) is 0 Å². The van der Waals surface area contributed by atoms with Gasteiger partial charge in [-0.1, -0.05) is 44.2 Å². The Morgan fingerprint density at radius 1 is 1.27 bits per heavy atom. The highest BCUT2D eigenvalue weighted by Gasteiger charge is 2.34. The van der Waals surface area contributed by atoms with Gasteiger partial charge in [-0.3, -0.25) is 10.1 Å². The summed E-state index contributed by atoms with van der Waals surface area (Å²) in [5.74, 6) is -0.218. The third-order valence-corrected chi connectivity index (χ3v) is 4.84. The van der Waals surface area contributed by atoms with Gasteiger partial charge >= 0.3 is 0 Å². The summed E-state index contributed by atoms with van der Waals surface area (Å²) in [7, 11) is 0. The molecule has 138 valence electrons. The standard InChI is InChI=1S/C20H25FN4O/c1-3-24(4-2)12-13-25-18-11-6-5-10-17(18)22-20(25)23-19(26)15-8-7-9-16(21)14-15/h5-11,14,17-18H,3-4,12-13H2,1-2H3,(H,22,23,26). The van der Waals surface area contributed by atoms with E-state index in [0.29, 0.717) is 5.96 Å². The van der Waals surface area contributed by atoms with Crippen molar-refractivity contribution in [2.24, 2.45) is 4.99 Å². The van der Waals surface area contributed by atoms with Crippen LogP contribution >= 0.6 is 0 Å². The molecular weight excluding hydrogens is 331 g/mol. The van der Waals surface area contributed by atoms with E-state index in [4.69, 9.17) is 0 Å². The number of allylic oxidation sites excluding steroid dienone is 2. The van der Waals surface area contributed by atoms with E-state index in [0.717, 1.165) is 26.2 Å². The minimum absolute atomic E-state index is 0.000451. The lowest BCUT2D eigenvalue weighted by Gasteiger charge is -2.30. The fourth-order valence-electron chi connectivity index (χ4n) is 3.30. The van der Waals surface area contributed by atoms with Gasteiger partial charge in [-0.25, -0.2) is 9.38 Å². The molecule has 6 heteroatoms. The van der Waals surface area contributed by atoms with Crippen LogP contribution in [-0.2, 0) is 0 Å². The van der Waals surface area contributed by atoms with Gasteiger partial charge in [0.1, 0.15) is 5.82 Å². The number of fused-ring (bicyclic) bond motifs is 1. The maximum absolute atomic E-state index is 13.4. The lowest BCUT2D eigenvalue weighted by Crippen LogP contribution is -2.49. The lowest BCUT2D eigenvalue weighted by atomic mass is 10.0. The molecule has 0 aromatic heterocycles. The Hall–Kier alpha value is -2.47. The molecule has 1 N–H and O–H groups in total. The highest BCUT2D eigenvalue weighted by Crippen LogP contribution is 2.22. The molecule has 5 nitrogen and oxygen atoms in total. The van der Waals surface area contributed by atoms with E-state index in [1.807, 2.05) is 18.2 Å². The topological polar surface area (TPSA) is 47.9 Å². The molecule has 1 aromatic carbocycles. The summed E-state index contributed by atoms with van der Waals surface area (Å²) < 4.78 is 13.4. The molecule has 0 radical (unpaired) electrons. The molecule has 1 heterocycles. The van der Waals surface area contributed by atoms with Crippen LogP contribution in [0.1, 0.15) is 24.2 Å². The number of likely N-dealkylation sites (N-methyl/N-ethyl adjacent to an activating group) is 1. The second-order valence-electron chi connectivity index (χ2n) is 6.39. The third-order valence-electron chi connectivity index (χ3n) is 4.84. The molecule has 0 saturated carbocycles. The Kier molecular flexibility index (Phi) is 5.83. The van der Waals surface area contributed by atoms with Gasteiger partial charge in [0.15, 0.2) is 0 Å². The van der Waals surface area contributed by atoms with Gasteiger partial charge in [0.2, 0.25) is 5.96 Å². The van der Waals surface area contributed by atoms with Crippen LogP contribution in [0, 0.1) is 5.82 Å². The average molecular weight is 356 g/mol. The fraction of sp³-hybridized carbons (Fsp3) is 0.400. The monoisotopic (exact) mass is 356 g/mol. The molecule has 0 bridgehead atoms. The Balaban J connectivity index is 1.75. The van der Waals surface area contributed by atoms with Crippen LogP contribution in [0.4, 0.5) is 4.39 Å². The Bertz CT molecular complexity index is 739. The van der Waals surface area contributed by atoms with Gasteiger partial charge in [0.25, 0.3) is 5.91 Å². The van der Waals surface area contributed by atoms with E-state index in [1.54, 1.807) is 6.07 Å². The summed E-state index contributed by atoms with van der Waals surface area (Å²) in [6, 6.07) is 5.80. The zero-order valence-corrected chi connectivity index (χ0v) is 15.2. The number of carbonyl (C=O) groups is 1. The Morgan fingerprint density at radius 2 is 2.04 bits per heavy atom. The highest BCUT2D eigenvalue weighted by atomic mass is 19.1. The molecule has 2 atom stereocenters. The SMILES string of the molecule is CCN(CC)CCN1C(NC(=O)c2cccc(F)c2)=NC2C=CC=CC21. The zero-order chi connectivity index (χ0) is 18.5. The van der Waals surface area contributed by atoms with Crippen LogP contribution in [0.15, 0.2) is 53.6 Å². The van der Waals surface area contributed by atoms with Crippen molar-refractivity contribution in [3.63, 3.8) is 0 Å². The van der Waals surface area contributed by atoms with Crippen molar-refractivity contribution in [2.45, 2.75) is 25.9 Å². The quantitative estimate of drug-likeness (QED) is 0.852. The number of halogens is 1. The Morgan fingerprint density at radius 3 is 2.77 bits per heavy atom. The maximum atomic E-state index is 13.4. The molecule has 2 unspecified atom stereocenters. The first-order valence-electron chi connectivity index (χ1n) is 9.11. The number of amides is 1. The third kappa shape index (κ3) is 4.02. The van der Waals surface area contributed by atoms with Crippen molar-refractivity contribution in [1.29, 1.82) is 0 Å². The first-order chi connectivity index (χ1) is 12.6. The van der Waals surface area contributed by atoms with E-state index < -0.39 is 5.82 Å². The number of nitrogens with one attached hydrogen (secondary N) is 1. The molecule has 1 aliphatic heterocycles. The number of benzene rings is 1. The molecule has 2 aliphatic rings. The number of rotatable bonds is 6. The molecule has 1 aromatic rings. The summed E-state index contributed by atoms with van der Waals surface area (Å²) in [6.07, 6.45) is 8.14. The van der Waals surface area contributed by atoms with Crippen LogP contribution < -0.4 is 5.32 Å². The van der Waals surface area contributed by atoms with Gasteiger partial charge in [0.05, 0.1) is 12.1 Å². The van der Waals surface area contributed by atoms with Crippen LogP contribution in [0.3, 0.4) is 0 Å². The minimum atomic E-state index is -0.427. The maximum Gasteiger partial charge on any atom is 0.258 e. The van der Waals surface area contributed by atoms with Crippen molar-refractivity contribution < 1.29 is 9.18 Å². The van der Waals surface area contributed by atoms with E-state index in [1.165, 1.54) is 18.2 Å². The average Bonchev–Trinajstić information content (AvgIpc) is 3.00. The second kappa shape index (κ2) is 8.27. The molecule has 0 saturated heterocycles. The van der Waals surface area contributed by atoms with Crippen molar-refractivity contribution in [2.75, 3.05) is 26.2 Å². The summed E-state index contributed by atoms with van der Waals surface area (Å²) >= 11 is 0. The summed E-state index contributed by atoms with van der Waals surface area (Å²) in [5, 5.41) is 2.87. The second-order valence-corrected chi connectivity index (χ2v) is 6.39. The smallest absolute Gasteiger partial charge is 0.258 e. The molecular formula is C20H25FN4O. The van der Waals surface area contributed by atoms with Crippen molar-refractivity contribution in [3.05, 3.63) is 60.0 Å². The molecule has 3 rings (SSSR count). The normalized spacial score (nSPS) is 21.1. The molecule has 1 amide bonds. The van der Waals surface area contributed by atoms with E-state index >= 15 is 0 Å². The van der Waals surface area contributed by atoms with Gasteiger partial charge in [-0.15, -0.1) is 0 Å². The fourth-order valence-corrected chi connectivity index (χ4v) is 3.30. The highest BCUT2D eigenvalue weighted by molar-refractivity contribution is 6.06. The van der Waals surface area contributed by atoms with Crippen LogP contribution in [-0.4, -0.2) is 59.9 Å². The molecule has 1 aliphatic carbocycles. The van der Waals surface area contributed by atoms with Crippen LogP contribution in [0.25, 0.3) is 0 Å². The van der Waals surface area contributed by atoms with E-state index in [2.05, 4.69) is 40.0 Å². The number of hydrogen-bond acceptors (Lipinski definition) is 4. The number of aliphatic imine (C=N–C) groups is 1. The number of carbonyl (C=O) groups excluding carboxylic acids is 1. The predicted molar refractivity (Wildman–Crippen MR) is 102 cm³/mol. The molecule has 26 heavy (non-hydrogen) atoms. The van der Waals surface area contributed by atoms with Gasteiger partial charge in [-0.2, -0.15) is 0 Å². The van der Waals surface area contributed by atoms with E-state index in [-0.39, 0.29) is 23.6 Å².